The molecule has 0 amide bonds. The van der Waals surface area contributed by atoms with E-state index in [1.165, 1.54) is 19.3 Å². The van der Waals surface area contributed by atoms with Gasteiger partial charge in [-0.1, -0.05) is 0 Å². The van der Waals surface area contributed by atoms with Gasteiger partial charge in [0, 0.05) is 31.0 Å². The molecule has 7 nitrogen and oxygen atoms in total. The molecule has 1 aliphatic carbocycles. The number of aryl methyl sites for hydroxylation is 1. The molecule has 0 atom stereocenters. The normalized spacial score (nSPS) is 20.9. The maximum absolute atomic E-state index is 12.9. The van der Waals surface area contributed by atoms with Gasteiger partial charge in [0.05, 0.1) is 17.9 Å². The molecule has 2 heterocycles. The number of hydrogen-bond acceptors (Lipinski definition) is 5. The molecule has 1 fully saturated rings. The second-order valence-corrected chi connectivity index (χ2v) is 8.82. The third-order valence-corrected chi connectivity index (χ3v) is 6.33. The van der Waals surface area contributed by atoms with E-state index in [1.54, 1.807) is 24.1 Å². The van der Waals surface area contributed by atoms with E-state index in [4.69, 9.17) is 0 Å². The van der Waals surface area contributed by atoms with Crippen LogP contribution in [0.2, 0.25) is 0 Å². The average molecular weight is 417 g/mol. The zero-order valence-corrected chi connectivity index (χ0v) is 16.3. The van der Waals surface area contributed by atoms with Gasteiger partial charge in [-0.05, 0) is 38.8 Å². The largest absolute Gasteiger partial charge is 0.391 e. The average Bonchev–Trinajstić information content (AvgIpc) is 3.08. The lowest BCUT2D eigenvalue weighted by Gasteiger charge is -2.31. The van der Waals surface area contributed by atoms with Crippen LogP contribution in [-0.2, 0) is 17.1 Å². The Bertz CT molecular complexity index is 935. The number of imidazole rings is 1. The molecule has 0 aromatic carbocycles. The van der Waals surface area contributed by atoms with Crippen LogP contribution >= 0.6 is 0 Å². The van der Waals surface area contributed by atoms with Crippen molar-refractivity contribution in [2.24, 2.45) is 13.0 Å². The molecular formula is C17H22F3N5O2S. The van der Waals surface area contributed by atoms with Crippen LogP contribution in [0, 0.1) is 5.92 Å². The van der Waals surface area contributed by atoms with E-state index in [-0.39, 0.29) is 23.8 Å². The van der Waals surface area contributed by atoms with Crippen molar-refractivity contribution in [2.45, 2.75) is 42.8 Å². The van der Waals surface area contributed by atoms with Gasteiger partial charge in [0.25, 0.3) is 0 Å². The predicted molar refractivity (Wildman–Crippen MR) is 98.1 cm³/mol. The van der Waals surface area contributed by atoms with E-state index < -0.39 is 22.1 Å². The molecule has 0 bridgehead atoms. The minimum absolute atomic E-state index is 0.0121. The van der Waals surface area contributed by atoms with Gasteiger partial charge in [0.15, 0.2) is 0 Å². The first kappa shape index (κ1) is 20.6. The van der Waals surface area contributed by atoms with Crippen molar-refractivity contribution < 1.29 is 21.6 Å². The first-order valence-corrected chi connectivity index (χ1v) is 10.3. The van der Waals surface area contributed by atoms with Gasteiger partial charge in [0.1, 0.15) is 10.7 Å². The summed E-state index contributed by atoms with van der Waals surface area (Å²) in [4.78, 5) is 8.48. The molecule has 0 unspecified atom stereocenters. The van der Waals surface area contributed by atoms with Crippen LogP contribution in [-0.4, -0.2) is 42.2 Å². The molecule has 0 saturated heterocycles. The van der Waals surface area contributed by atoms with E-state index in [0.29, 0.717) is 29.9 Å². The number of rotatable bonds is 5. The van der Waals surface area contributed by atoms with E-state index in [9.17, 15) is 21.6 Å². The van der Waals surface area contributed by atoms with Crippen molar-refractivity contribution >= 4 is 15.8 Å². The molecule has 0 aliphatic heterocycles. The summed E-state index contributed by atoms with van der Waals surface area (Å²) in [6, 6.07) is 1.30. The van der Waals surface area contributed by atoms with Crippen molar-refractivity contribution in [3.63, 3.8) is 0 Å². The van der Waals surface area contributed by atoms with Crippen LogP contribution in [0.4, 0.5) is 19.0 Å². The number of pyridine rings is 1. The predicted octanol–water partition coefficient (Wildman–Crippen LogP) is 2.92. The first-order chi connectivity index (χ1) is 13.1. The number of nitrogens with zero attached hydrogens (tertiary/aromatic N) is 3. The Hall–Kier alpha value is -2.14. The number of halogens is 3. The SMILES string of the molecule is CNS(=O)(=O)c1cnc(N[C@H]2CC[C@H](C(F)(F)F)CC2)c(-c2cn(C)cn2)c1. The number of aromatic nitrogens is 3. The fourth-order valence-corrected chi connectivity index (χ4v) is 4.03. The Morgan fingerprint density at radius 3 is 2.39 bits per heavy atom. The monoisotopic (exact) mass is 417 g/mol. The molecular weight excluding hydrogens is 395 g/mol. The van der Waals surface area contributed by atoms with Crippen LogP contribution in [0.3, 0.4) is 0 Å². The first-order valence-electron chi connectivity index (χ1n) is 8.85. The van der Waals surface area contributed by atoms with Gasteiger partial charge in [-0.3, -0.25) is 0 Å². The van der Waals surface area contributed by atoms with Crippen molar-refractivity contribution in [3.8, 4) is 11.3 Å². The van der Waals surface area contributed by atoms with Crippen LogP contribution in [0.15, 0.2) is 29.7 Å². The topological polar surface area (TPSA) is 88.9 Å². The number of sulfonamides is 1. The zero-order chi connectivity index (χ0) is 20.5. The Morgan fingerprint density at radius 2 is 1.86 bits per heavy atom. The van der Waals surface area contributed by atoms with Gasteiger partial charge >= 0.3 is 6.18 Å². The highest BCUT2D eigenvalue weighted by Crippen LogP contribution is 2.38. The smallest absolute Gasteiger partial charge is 0.367 e. The number of alkyl halides is 3. The molecule has 11 heteroatoms. The van der Waals surface area contributed by atoms with Crippen molar-refractivity contribution in [1.82, 2.24) is 19.3 Å². The van der Waals surface area contributed by atoms with E-state index in [1.807, 2.05) is 0 Å². The third-order valence-electron chi connectivity index (χ3n) is 4.95. The highest BCUT2D eigenvalue weighted by Gasteiger charge is 2.41. The van der Waals surface area contributed by atoms with Gasteiger partial charge in [-0.15, -0.1) is 0 Å². The van der Waals surface area contributed by atoms with Gasteiger partial charge in [-0.25, -0.2) is 23.1 Å². The van der Waals surface area contributed by atoms with Crippen LogP contribution in [0.25, 0.3) is 11.3 Å². The fourth-order valence-electron chi connectivity index (χ4n) is 3.33. The zero-order valence-electron chi connectivity index (χ0n) is 15.5. The van der Waals surface area contributed by atoms with Crippen LogP contribution < -0.4 is 10.0 Å². The molecule has 154 valence electrons. The maximum atomic E-state index is 12.9. The fraction of sp³-hybridized carbons (Fsp3) is 0.529. The van der Waals surface area contributed by atoms with Crippen molar-refractivity contribution in [3.05, 3.63) is 24.8 Å². The number of anilines is 1. The van der Waals surface area contributed by atoms with Gasteiger partial charge in [-0.2, -0.15) is 13.2 Å². The lowest BCUT2D eigenvalue weighted by Crippen LogP contribution is -2.33. The summed E-state index contributed by atoms with van der Waals surface area (Å²) in [6.45, 7) is 0. The molecule has 0 radical (unpaired) electrons. The molecule has 0 spiro atoms. The highest BCUT2D eigenvalue weighted by atomic mass is 32.2. The Kier molecular flexibility index (Phi) is 5.67. The lowest BCUT2D eigenvalue weighted by atomic mass is 9.85. The van der Waals surface area contributed by atoms with Gasteiger partial charge < -0.3 is 9.88 Å². The summed E-state index contributed by atoms with van der Waals surface area (Å²) in [7, 11) is -0.607. The summed E-state index contributed by atoms with van der Waals surface area (Å²) in [5.74, 6) is -0.860. The van der Waals surface area contributed by atoms with Crippen molar-refractivity contribution in [2.75, 3.05) is 12.4 Å². The number of nitrogens with one attached hydrogen (secondary N) is 2. The molecule has 3 rings (SSSR count). The minimum Gasteiger partial charge on any atom is -0.367 e. The quantitative estimate of drug-likeness (QED) is 0.781. The summed E-state index contributed by atoms with van der Waals surface area (Å²) < 4.78 is 66.8. The lowest BCUT2D eigenvalue weighted by molar-refractivity contribution is -0.182. The second-order valence-electron chi connectivity index (χ2n) is 6.93. The molecule has 2 aromatic heterocycles. The summed E-state index contributed by atoms with van der Waals surface area (Å²) in [5, 5.41) is 3.18. The maximum Gasteiger partial charge on any atom is 0.391 e. The van der Waals surface area contributed by atoms with E-state index in [2.05, 4.69) is 20.0 Å². The van der Waals surface area contributed by atoms with E-state index >= 15 is 0 Å². The third kappa shape index (κ3) is 4.46. The Labute approximate surface area is 161 Å². The standard InChI is InChI=1S/C17H22F3N5O2S/c1-21-28(26,27)13-7-14(15-9-25(2)10-23-15)16(22-8-13)24-12-5-3-11(4-6-12)17(18,19)20/h7-12,21H,3-6H2,1-2H3,(H,22,24)/t11-,12-. The van der Waals surface area contributed by atoms with E-state index in [0.717, 1.165) is 0 Å². The van der Waals surface area contributed by atoms with Crippen LogP contribution in [0.5, 0.6) is 0 Å². The molecule has 2 N–H and O–H groups in total. The van der Waals surface area contributed by atoms with Crippen molar-refractivity contribution in [1.29, 1.82) is 0 Å². The second kappa shape index (κ2) is 7.70. The Morgan fingerprint density at radius 1 is 1.18 bits per heavy atom. The minimum atomic E-state index is -4.16. The molecule has 1 aliphatic rings. The van der Waals surface area contributed by atoms with Gasteiger partial charge in [0.2, 0.25) is 10.0 Å². The number of hydrogen-bond donors (Lipinski definition) is 2. The molecule has 2 aromatic rings. The van der Waals surface area contributed by atoms with Crippen LogP contribution in [0.1, 0.15) is 25.7 Å². The summed E-state index contributed by atoms with van der Waals surface area (Å²) in [5.41, 5.74) is 1.00. The summed E-state index contributed by atoms with van der Waals surface area (Å²) >= 11 is 0. The molecule has 1 saturated carbocycles. The summed E-state index contributed by atoms with van der Waals surface area (Å²) in [6.07, 6.45) is 1.21. The Balaban J connectivity index is 1.87. The highest BCUT2D eigenvalue weighted by molar-refractivity contribution is 7.89. The molecule has 28 heavy (non-hydrogen) atoms.